The van der Waals surface area contributed by atoms with Crippen molar-refractivity contribution in [2.45, 2.75) is 119 Å². The molecule has 5 heteroatoms. The number of aromatic nitrogens is 2. The minimum absolute atomic E-state index is 0.0121. The highest BCUT2D eigenvalue weighted by atomic mass is 16.5. The quantitative estimate of drug-likeness (QED) is 0.385. The third-order valence-electron chi connectivity index (χ3n) is 14.7. The summed E-state index contributed by atoms with van der Waals surface area (Å²) < 4.78 is 7.67. The Hall–Kier alpha value is -1.62. The second-order valence-corrected chi connectivity index (χ2v) is 16.3. The van der Waals surface area contributed by atoms with Crippen molar-refractivity contribution in [1.29, 1.82) is 0 Å². The van der Waals surface area contributed by atoms with Crippen LogP contribution in [0.3, 0.4) is 0 Å². The number of hydrogen-bond acceptors (Lipinski definition) is 4. The highest BCUT2D eigenvalue weighted by molar-refractivity contribution is 5.71. The van der Waals surface area contributed by atoms with Gasteiger partial charge in [-0.1, -0.05) is 46.8 Å². The number of aliphatic hydroxyl groups is 1. The van der Waals surface area contributed by atoms with Crippen LogP contribution in [0.25, 0.3) is 0 Å². The highest BCUT2D eigenvalue weighted by Gasteiger charge is 2.71. The molecule has 6 rings (SSSR count). The number of hydrogen-bond donors (Lipinski definition) is 1. The molecule has 1 aromatic heterocycles. The molecule has 222 valence electrons. The van der Waals surface area contributed by atoms with E-state index in [9.17, 15) is 9.90 Å². The lowest BCUT2D eigenvalue weighted by Gasteiger charge is -2.73. The molecule has 0 aromatic carbocycles. The van der Waals surface area contributed by atoms with Crippen molar-refractivity contribution >= 4 is 6.09 Å². The molecule has 5 fully saturated rings. The van der Waals surface area contributed by atoms with Crippen LogP contribution in [0.5, 0.6) is 0 Å². The Morgan fingerprint density at radius 2 is 1.75 bits per heavy atom. The Kier molecular flexibility index (Phi) is 6.55. The van der Waals surface area contributed by atoms with Crippen molar-refractivity contribution in [3.05, 3.63) is 30.4 Å². The molecule has 1 aromatic rings. The number of carbonyl (C=O) groups excluding carboxylic acids is 1. The molecule has 1 N–H and O–H groups in total. The molecule has 40 heavy (non-hydrogen) atoms. The molecule has 0 aliphatic heterocycles. The lowest BCUT2D eigenvalue weighted by Crippen LogP contribution is -2.66. The number of allylic oxidation sites excluding steroid dienone is 1. The van der Waals surface area contributed by atoms with E-state index in [0.29, 0.717) is 52.9 Å². The summed E-state index contributed by atoms with van der Waals surface area (Å²) in [7, 11) is 0. The van der Waals surface area contributed by atoms with Crippen molar-refractivity contribution in [3.63, 3.8) is 0 Å². The average Bonchev–Trinajstić information content (AvgIpc) is 3.50. The maximum Gasteiger partial charge on any atom is 0.419 e. The minimum Gasteiger partial charge on any atom is -0.448 e. The van der Waals surface area contributed by atoms with Crippen LogP contribution >= 0.6 is 0 Å². The number of ether oxygens (including phenoxy) is 1. The van der Waals surface area contributed by atoms with Gasteiger partial charge in [-0.25, -0.2) is 14.3 Å². The van der Waals surface area contributed by atoms with Gasteiger partial charge in [0.1, 0.15) is 5.82 Å². The number of carbonyl (C=O) groups is 1. The second kappa shape index (κ2) is 9.19. The van der Waals surface area contributed by atoms with Gasteiger partial charge in [-0.05, 0) is 129 Å². The Morgan fingerprint density at radius 1 is 1.00 bits per heavy atom. The highest BCUT2D eigenvalue weighted by Crippen LogP contribution is 2.77. The third kappa shape index (κ3) is 3.67. The van der Waals surface area contributed by atoms with E-state index in [1.165, 1.54) is 48.7 Å². The van der Waals surface area contributed by atoms with Crippen molar-refractivity contribution in [2.24, 2.45) is 56.7 Å². The van der Waals surface area contributed by atoms with E-state index in [-0.39, 0.29) is 28.4 Å². The molecule has 0 amide bonds. The standard InChI is InChI=1S/C35H54N2O3/c1-22(2)24-11-16-35(21-40-30(39)37-20-19-36-23(37)3)18-17-33(7)25(29(24)35)9-10-27-32(6)14-13-28(38)31(4,5)26(32)12-15-34(27,33)8/h19-20,24-29,38H,1,9-18,21H2,2-8H3/t24-,25?,26?,27?,28-,29?,32-,33+,34+,35+/m0/s1. The molecule has 0 bridgehead atoms. The van der Waals surface area contributed by atoms with Gasteiger partial charge in [-0.15, -0.1) is 0 Å². The van der Waals surface area contributed by atoms with Gasteiger partial charge in [0.2, 0.25) is 0 Å². The maximum atomic E-state index is 13.1. The fourth-order valence-electron chi connectivity index (χ4n) is 12.4. The molecule has 10 atom stereocenters. The molecule has 5 nitrogen and oxygen atoms in total. The van der Waals surface area contributed by atoms with Crippen LogP contribution in [0.1, 0.15) is 112 Å². The summed E-state index contributed by atoms with van der Waals surface area (Å²) in [6, 6.07) is 0. The van der Waals surface area contributed by atoms with E-state index in [1.807, 2.05) is 6.92 Å². The number of fused-ring (bicyclic) bond motifs is 7. The Labute approximate surface area is 242 Å². The number of nitrogens with zero attached hydrogens (tertiary/aromatic N) is 2. The Balaban J connectivity index is 1.32. The van der Waals surface area contributed by atoms with Gasteiger partial charge >= 0.3 is 6.09 Å². The second-order valence-electron chi connectivity index (χ2n) is 16.3. The zero-order chi connectivity index (χ0) is 28.9. The summed E-state index contributed by atoms with van der Waals surface area (Å²) in [6.07, 6.45) is 14.7. The van der Waals surface area contributed by atoms with E-state index in [2.05, 4.69) is 53.1 Å². The molecule has 5 aliphatic carbocycles. The van der Waals surface area contributed by atoms with Gasteiger partial charge < -0.3 is 9.84 Å². The van der Waals surface area contributed by atoms with Crippen LogP contribution in [0.15, 0.2) is 24.5 Å². The fraction of sp³-hybridized carbons (Fsp3) is 0.829. The summed E-state index contributed by atoms with van der Waals surface area (Å²) in [5.74, 6) is 3.62. The molecular formula is C35H54N2O3. The number of rotatable bonds is 3. The number of aliphatic hydroxyl groups excluding tert-OH is 1. The number of aryl methyl sites for hydroxylation is 1. The van der Waals surface area contributed by atoms with Crippen molar-refractivity contribution in [2.75, 3.05) is 6.61 Å². The van der Waals surface area contributed by atoms with E-state index in [1.54, 1.807) is 12.4 Å². The van der Waals surface area contributed by atoms with Gasteiger partial charge in [0.15, 0.2) is 0 Å². The normalized spacial score (nSPS) is 47.4. The van der Waals surface area contributed by atoms with Crippen molar-refractivity contribution in [1.82, 2.24) is 9.55 Å². The number of imidazole rings is 1. The molecular weight excluding hydrogens is 496 g/mol. The van der Waals surface area contributed by atoms with E-state index < -0.39 is 0 Å². The van der Waals surface area contributed by atoms with E-state index >= 15 is 0 Å². The zero-order valence-electron chi connectivity index (χ0n) is 26.3. The third-order valence-corrected chi connectivity index (χ3v) is 14.7. The van der Waals surface area contributed by atoms with Gasteiger partial charge in [0, 0.05) is 17.8 Å². The van der Waals surface area contributed by atoms with Crippen LogP contribution in [0, 0.1) is 63.6 Å². The lowest BCUT2D eigenvalue weighted by molar-refractivity contribution is -0.249. The summed E-state index contributed by atoms with van der Waals surface area (Å²) in [5.41, 5.74) is 2.19. The van der Waals surface area contributed by atoms with E-state index in [4.69, 9.17) is 4.74 Å². The van der Waals surface area contributed by atoms with Crippen LogP contribution in [0.2, 0.25) is 0 Å². The van der Waals surface area contributed by atoms with Gasteiger partial charge in [0.25, 0.3) is 0 Å². The Morgan fingerprint density at radius 3 is 2.42 bits per heavy atom. The zero-order valence-corrected chi connectivity index (χ0v) is 26.3. The SMILES string of the molecule is C=C(C)[C@@H]1CC[C@]2(COC(=O)n3ccnc3C)CC[C@]3(C)C(CCC4[C@@]5(C)CC[C@H](O)C(C)(C)C5CC[C@]43C)C12. The topological polar surface area (TPSA) is 64.4 Å². The van der Waals surface area contributed by atoms with Crippen molar-refractivity contribution < 1.29 is 14.6 Å². The van der Waals surface area contributed by atoms with Crippen LogP contribution in [-0.2, 0) is 4.74 Å². The molecule has 0 saturated heterocycles. The van der Waals surface area contributed by atoms with Gasteiger partial charge in [0.05, 0.1) is 12.7 Å². The summed E-state index contributed by atoms with van der Waals surface area (Å²) in [4.78, 5) is 17.3. The smallest absolute Gasteiger partial charge is 0.419 e. The first-order chi connectivity index (χ1) is 18.7. The average molecular weight is 551 g/mol. The molecule has 5 aliphatic rings. The first kappa shape index (κ1) is 28.5. The Bertz CT molecular complexity index is 1190. The lowest BCUT2D eigenvalue weighted by atomic mass is 9.32. The largest absolute Gasteiger partial charge is 0.448 e. The molecule has 5 saturated carbocycles. The summed E-state index contributed by atoms with van der Waals surface area (Å²) >= 11 is 0. The van der Waals surface area contributed by atoms with Crippen LogP contribution in [-0.4, -0.2) is 33.5 Å². The monoisotopic (exact) mass is 550 g/mol. The predicted octanol–water partition coefficient (Wildman–Crippen LogP) is 8.19. The van der Waals surface area contributed by atoms with Crippen LogP contribution in [0.4, 0.5) is 4.79 Å². The van der Waals surface area contributed by atoms with E-state index in [0.717, 1.165) is 25.7 Å². The van der Waals surface area contributed by atoms with Crippen LogP contribution < -0.4 is 0 Å². The molecule has 0 radical (unpaired) electrons. The maximum absolute atomic E-state index is 13.1. The molecule has 0 spiro atoms. The first-order valence-electron chi connectivity index (χ1n) is 16.2. The molecule has 4 unspecified atom stereocenters. The summed E-state index contributed by atoms with van der Waals surface area (Å²) in [5, 5.41) is 11.0. The van der Waals surface area contributed by atoms with Gasteiger partial charge in [-0.3, -0.25) is 0 Å². The van der Waals surface area contributed by atoms with Gasteiger partial charge in [-0.2, -0.15) is 0 Å². The summed E-state index contributed by atoms with van der Waals surface area (Å²) in [6.45, 7) is 21.7. The minimum atomic E-state index is -0.292. The predicted molar refractivity (Wildman–Crippen MR) is 159 cm³/mol. The fourth-order valence-corrected chi connectivity index (χ4v) is 12.4. The first-order valence-corrected chi connectivity index (χ1v) is 16.2. The molecule has 1 heterocycles. The van der Waals surface area contributed by atoms with Crippen molar-refractivity contribution in [3.8, 4) is 0 Å².